The van der Waals surface area contributed by atoms with Gasteiger partial charge < -0.3 is 10.6 Å². The van der Waals surface area contributed by atoms with Gasteiger partial charge >= 0.3 is 0 Å². The number of benzene rings is 1. The van der Waals surface area contributed by atoms with Gasteiger partial charge in [-0.3, -0.25) is 4.79 Å². The van der Waals surface area contributed by atoms with Crippen molar-refractivity contribution in [3.05, 3.63) is 51.4 Å². The highest BCUT2D eigenvalue weighted by Crippen LogP contribution is 2.18. The number of nitrogens with zero attached hydrogens (tertiary/aromatic N) is 3. The number of anilines is 2. The number of rotatable bonds is 4. The molecule has 2 aromatic rings. The molecule has 2 N–H and O–H groups in total. The molecule has 0 saturated carbocycles. The van der Waals surface area contributed by atoms with Gasteiger partial charge in [0.2, 0.25) is 0 Å². The number of halogens is 1. The van der Waals surface area contributed by atoms with Gasteiger partial charge in [-0.15, -0.1) is 0 Å². The van der Waals surface area contributed by atoms with Gasteiger partial charge in [0.05, 0.1) is 18.4 Å². The van der Waals surface area contributed by atoms with Crippen molar-refractivity contribution in [2.24, 2.45) is 0 Å². The maximum atomic E-state index is 12.0. The normalized spacial score (nSPS) is 10.6. The molecule has 0 unspecified atom stereocenters. The predicted octanol–water partition coefficient (Wildman–Crippen LogP) is 1.98. The molecule has 0 bridgehead atoms. The maximum Gasteiger partial charge on any atom is 0.269 e. The fourth-order valence-corrected chi connectivity index (χ4v) is 1.99. The van der Waals surface area contributed by atoms with Crippen molar-refractivity contribution < 1.29 is 0 Å². The van der Waals surface area contributed by atoms with Crippen LogP contribution >= 0.6 is 11.6 Å². The van der Waals surface area contributed by atoms with Gasteiger partial charge in [0.1, 0.15) is 0 Å². The molecule has 2 rings (SSSR count). The minimum atomic E-state index is -0.155. The minimum absolute atomic E-state index is 0.155. The van der Waals surface area contributed by atoms with E-state index in [1.54, 1.807) is 30.5 Å². The van der Waals surface area contributed by atoms with Gasteiger partial charge in [0, 0.05) is 30.4 Å². The Hall–Kier alpha value is -2.01. The van der Waals surface area contributed by atoms with Gasteiger partial charge in [-0.1, -0.05) is 17.7 Å². The summed E-state index contributed by atoms with van der Waals surface area (Å²) in [6, 6.07) is 6.79. The molecule has 1 aromatic carbocycles. The first kappa shape index (κ1) is 14.4. The summed E-state index contributed by atoms with van der Waals surface area (Å²) >= 11 is 5.85. The molecule has 0 aliphatic rings. The Balaban J connectivity index is 2.28. The topological polar surface area (TPSA) is 64.2 Å². The van der Waals surface area contributed by atoms with Gasteiger partial charge in [0.25, 0.3) is 5.56 Å². The summed E-state index contributed by atoms with van der Waals surface area (Å²) in [6.07, 6.45) is 1.68. The third-order valence-electron chi connectivity index (χ3n) is 3.20. The first-order valence-electron chi connectivity index (χ1n) is 6.33. The fourth-order valence-electron chi connectivity index (χ4n) is 1.81. The molecule has 1 heterocycles. The molecule has 0 aliphatic carbocycles. The van der Waals surface area contributed by atoms with Crippen molar-refractivity contribution in [3.8, 4) is 0 Å². The van der Waals surface area contributed by atoms with Crippen molar-refractivity contribution in [1.82, 2.24) is 9.78 Å². The standard InChI is InChI=1S/C14H17ClN4O/c1-3-18(2)12-7-14(20)19(17-8-12)9-10-4-5-11(15)6-13(10)16/h4-8H,3,9,16H2,1-2H3. The number of aromatic nitrogens is 2. The minimum Gasteiger partial charge on any atom is -0.398 e. The van der Waals surface area contributed by atoms with Crippen LogP contribution in [0.15, 0.2) is 35.3 Å². The summed E-state index contributed by atoms with van der Waals surface area (Å²) in [6.45, 7) is 3.16. The van der Waals surface area contributed by atoms with E-state index in [1.807, 2.05) is 18.9 Å². The van der Waals surface area contributed by atoms with Crippen LogP contribution < -0.4 is 16.2 Å². The zero-order valence-electron chi connectivity index (χ0n) is 11.5. The molecule has 0 aliphatic heterocycles. The Kier molecular flexibility index (Phi) is 4.29. The van der Waals surface area contributed by atoms with E-state index in [0.29, 0.717) is 17.3 Å². The quantitative estimate of drug-likeness (QED) is 0.875. The molecule has 0 fully saturated rings. The Labute approximate surface area is 122 Å². The van der Waals surface area contributed by atoms with Crippen LogP contribution in [0, 0.1) is 0 Å². The van der Waals surface area contributed by atoms with E-state index in [0.717, 1.165) is 17.8 Å². The Morgan fingerprint density at radius 3 is 2.75 bits per heavy atom. The van der Waals surface area contributed by atoms with Crippen molar-refractivity contribution in [2.45, 2.75) is 13.5 Å². The monoisotopic (exact) mass is 292 g/mol. The molecule has 0 spiro atoms. The fraction of sp³-hybridized carbons (Fsp3) is 0.286. The largest absolute Gasteiger partial charge is 0.398 e. The van der Waals surface area contributed by atoms with Crippen molar-refractivity contribution >= 4 is 23.0 Å². The third kappa shape index (κ3) is 3.11. The van der Waals surface area contributed by atoms with E-state index in [4.69, 9.17) is 17.3 Å². The van der Waals surface area contributed by atoms with Crippen LogP contribution in [0.5, 0.6) is 0 Å². The van der Waals surface area contributed by atoms with Crippen LogP contribution in [-0.4, -0.2) is 23.4 Å². The molecule has 0 saturated heterocycles. The second kappa shape index (κ2) is 5.96. The molecule has 106 valence electrons. The maximum absolute atomic E-state index is 12.0. The third-order valence-corrected chi connectivity index (χ3v) is 3.43. The summed E-state index contributed by atoms with van der Waals surface area (Å²) < 4.78 is 1.38. The molecule has 0 atom stereocenters. The summed E-state index contributed by atoms with van der Waals surface area (Å²) in [7, 11) is 1.91. The Morgan fingerprint density at radius 1 is 1.40 bits per heavy atom. The molecule has 5 nitrogen and oxygen atoms in total. The summed E-state index contributed by atoms with van der Waals surface area (Å²) in [4.78, 5) is 14.0. The summed E-state index contributed by atoms with van der Waals surface area (Å²) in [5, 5.41) is 4.76. The number of nitrogen functional groups attached to an aromatic ring is 1. The van der Waals surface area contributed by atoms with E-state index in [9.17, 15) is 4.79 Å². The first-order valence-corrected chi connectivity index (χ1v) is 6.71. The first-order chi connectivity index (χ1) is 9.51. The molecule has 1 aromatic heterocycles. The molecule has 0 amide bonds. The summed E-state index contributed by atoms with van der Waals surface area (Å²) in [5.41, 5.74) is 7.91. The van der Waals surface area contributed by atoms with Crippen LogP contribution in [0.3, 0.4) is 0 Å². The highest BCUT2D eigenvalue weighted by Gasteiger charge is 2.06. The van der Waals surface area contributed by atoms with Crippen LogP contribution in [-0.2, 0) is 6.54 Å². The van der Waals surface area contributed by atoms with Crippen LogP contribution in [0.4, 0.5) is 11.4 Å². The lowest BCUT2D eigenvalue weighted by atomic mass is 10.2. The number of hydrogen-bond donors (Lipinski definition) is 1. The zero-order chi connectivity index (χ0) is 14.7. The molecule has 6 heteroatoms. The van der Waals surface area contributed by atoms with Crippen LogP contribution in [0.2, 0.25) is 5.02 Å². The van der Waals surface area contributed by atoms with E-state index >= 15 is 0 Å². The lowest BCUT2D eigenvalue weighted by Gasteiger charge is -2.16. The number of nitrogens with two attached hydrogens (primary N) is 1. The second-order valence-electron chi connectivity index (χ2n) is 4.57. The van der Waals surface area contributed by atoms with Gasteiger partial charge in [0.15, 0.2) is 0 Å². The van der Waals surface area contributed by atoms with E-state index in [-0.39, 0.29) is 5.56 Å². The molecule has 0 radical (unpaired) electrons. The van der Waals surface area contributed by atoms with Gasteiger partial charge in [-0.05, 0) is 24.6 Å². The van der Waals surface area contributed by atoms with Crippen molar-refractivity contribution in [1.29, 1.82) is 0 Å². The smallest absolute Gasteiger partial charge is 0.269 e. The predicted molar refractivity (Wildman–Crippen MR) is 82.4 cm³/mol. The van der Waals surface area contributed by atoms with Gasteiger partial charge in [-0.2, -0.15) is 5.10 Å². The lowest BCUT2D eigenvalue weighted by Crippen LogP contribution is -2.26. The average molecular weight is 293 g/mol. The second-order valence-corrected chi connectivity index (χ2v) is 5.00. The Morgan fingerprint density at radius 2 is 2.15 bits per heavy atom. The molecule has 20 heavy (non-hydrogen) atoms. The van der Waals surface area contributed by atoms with E-state index in [1.165, 1.54) is 4.68 Å². The van der Waals surface area contributed by atoms with E-state index < -0.39 is 0 Å². The molecular formula is C14H17ClN4O. The lowest BCUT2D eigenvalue weighted by molar-refractivity contribution is 0.638. The Bertz CT molecular complexity index is 668. The highest BCUT2D eigenvalue weighted by atomic mass is 35.5. The van der Waals surface area contributed by atoms with Crippen LogP contribution in [0.25, 0.3) is 0 Å². The SMILES string of the molecule is CCN(C)c1cnn(Cc2ccc(Cl)cc2N)c(=O)c1. The van der Waals surface area contributed by atoms with E-state index in [2.05, 4.69) is 5.10 Å². The van der Waals surface area contributed by atoms with Crippen molar-refractivity contribution in [3.63, 3.8) is 0 Å². The van der Waals surface area contributed by atoms with Gasteiger partial charge in [-0.25, -0.2) is 4.68 Å². The summed E-state index contributed by atoms with van der Waals surface area (Å²) in [5.74, 6) is 0. The highest BCUT2D eigenvalue weighted by molar-refractivity contribution is 6.30. The number of hydrogen-bond acceptors (Lipinski definition) is 4. The average Bonchev–Trinajstić information content (AvgIpc) is 2.42. The van der Waals surface area contributed by atoms with Crippen molar-refractivity contribution in [2.75, 3.05) is 24.2 Å². The zero-order valence-corrected chi connectivity index (χ0v) is 12.3. The van der Waals surface area contributed by atoms with Crippen LogP contribution in [0.1, 0.15) is 12.5 Å². The molecular weight excluding hydrogens is 276 g/mol.